The van der Waals surface area contributed by atoms with Crippen molar-refractivity contribution in [3.63, 3.8) is 0 Å². The predicted molar refractivity (Wildman–Crippen MR) is 99.5 cm³/mol. The molecule has 1 aliphatic heterocycles. The van der Waals surface area contributed by atoms with E-state index < -0.39 is 0 Å². The van der Waals surface area contributed by atoms with Crippen molar-refractivity contribution in [2.45, 2.75) is 6.92 Å². The van der Waals surface area contributed by atoms with Crippen LogP contribution >= 0.6 is 11.8 Å². The molecule has 2 aromatic rings. The highest BCUT2D eigenvalue weighted by atomic mass is 32.2. The molecule has 0 radical (unpaired) electrons. The van der Waals surface area contributed by atoms with Crippen LogP contribution in [0.2, 0.25) is 0 Å². The average Bonchev–Trinajstić information content (AvgIpc) is 2.93. The minimum absolute atomic E-state index is 0.0114. The number of thioether (sulfide) groups is 1. The van der Waals surface area contributed by atoms with Crippen molar-refractivity contribution in [1.82, 2.24) is 5.32 Å². The summed E-state index contributed by atoms with van der Waals surface area (Å²) in [6, 6.07) is 16.9. The van der Waals surface area contributed by atoms with Crippen LogP contribution in [0.1, 0.15) is 11.1 Å². The SMILES string of the molecule is Cc1cccc(N=C2NC(=O)/C(=C\c3ccc(OCC#N)cc3)S2)c1. The maximum Gasteiger partial charge on any atom is 0.264 e. The monoisotopic (exact) mass is 349 g/mol. The van der Waals surface area contributed by atoms with Crippen LogP contribution in [-0.2, 0) is 4.79 Å². The molecule has 1 heterocycles. The number of rotatable bonds is 4. The Morgan fingerprint density at radius 2 is 2.08 bits per heavy atom. The molecule has 0 unspecified atom stereocenters. The fourth-order valence-electron chi connectivity index (χ4n) is 2.22. The molecule has 6 heteroatoms. The number of aliphatic imine (C=N–C) groups is 1. The van der Waals surface area contributed by atoms with Gasteiger partial charge in [0.25, 0.3) is 5.91 Å². The van der Waals surface area contributed by atoms with Crippen molar-refractivity contribution in [3.05, 3.63) is 64.6 Å². The van der Waals surface area contributed by atoms with Crippen molar-refractivity contribution in [1.29, 1.82) is 5.26 Å². The van der Waals surface area contributed by atoms with E-state index in [1.807, 2.05) is 49.4 Å². The van der Waals surface area contributed by atoms with Gasteiger partial charge < -0.3 is 10.1 Å². The smallest absolute Gasteiger partial charge is 0.264 e. The van der Waals surface area contributed by atoms with Crippen LogP contribution < -0.4 is 10.1 Å². The zero-order valence-electron chi connectivity index (χ0n) is 13.5. The first-order chi connectivity index (χ1) is 12.1. The molecule has 0 aliphatic carbocycles. The number of nitrogens with one attached hydrogen (secondary N) is 1. The lowest BCUT2D eigenvalue weighted by Crippen LogP contribution is -2.19. The molecular weight excluding hydrogens is 334 g/mol. The molecule has 0 bridgehead atoms. The Bertz CT molecular complexity index is 896. The molecule has 1 amide bonds. The molecule has 0 atom stereocenters. The number of nitriles is 1. The molecule has 0 aromatic heterocycles. The quantitative estimate of drug-likeness (QED) is 0.852. The summed E-state index contributed by atoms with van der Waals surface area (Å²) in [5, 5.41) is 11.8. The Hall–Kier alpha value is -3.04. The van der Waals surface area contributed by atoms with E-state index in [1.54, 1.807) is 18.2 Å². The van der Waals surface area contributed by atoms with Gasteiger partial charge in [-0.2, -0.15) is 5.26 Å². The molecule has 1 saturated heterocycles. The third-order valence-corrected chi connectivity index (χ3v) is 4.27. The largest absolute Gasteiger partial charge is 0.479 e. The zero-order valence-corrected chi connectivity index (χ0v) is 14.3. The zero-order chi connectivity index (χ0) is 17.6. The number of hydrogen-bond donors (Lipinski definition) is 1. The van der Waals surface area contributed by atoms with E-state index in [-0.39, 0.29) is 12.5 Å². The van der Waals surface area contributed by atoms with Gasteiger partial charge in [-0.1, -0.05) is 24.3 Å². The maximum absolute atomic E-state index is 12.1. The van der Waals surface area contributed by atoms with Crippen LogP contribution in [0.5, 0.6) is 5.75 Å². The molecule has 124 valence electrons. The van der Waals surface area contributed by atoms with Crippen molar-refractivity contribution in [2.75, 3.05) is 6.61 Å². The summed E-state index contributed by atoms with van der Waals surface area (Å²) in [6.45, 7) is 2.01. The van der Waals surface area contributed by atoms with Gasteiger partial charge in [0.05, 0.1) is 10.6 Å². The number of amidine groups is 1. The van der Waals surface area contributed by atoms with E-state index in [0.29, 0.717) is 15.8 Å². The molecule has 5 nitrogen and oxygen atoms in total. The lowest BCUT2D eigenvalue weighted by Gasteiger charge is -2.01. The van der Waals surface area contributed by atoms with Crippen LogP contribution in [-0.4, -0.2) is 17.7 Å². The third kappa shape index (κ3) is 4.49. The van der Waals surface area contributed by atoms with Gasteiger partial charge in [0.1, 0.15) is 11.8 Å². The number of carbonyl (C=O) groups excluding carboxylic acids is 1. The van der Waals surface area contributed by atoms with Gasteiger partial charge in [-0.05, 0) is 60.2 Å². The summed E-state index contributed by atoms with van der Waals surface area (Å²) in [7, 11) is 0. The molecule has 0 saturated carbocycles. The molecule has 1 fully saturated rings. The van der Waals surface area contributed by atoms with Crippen molar-refractivity contribution < 1.29 is 9.53 Å². The van der Waals surface area contributed by atoms with Gasteiger partial charge in [-0.25, -0.2) is 4.99 Å². The number of nitrogens with zero attached hydrogens (tertiary/aromatic N) is 2. The Morgan fingerprint density at radius 3 is 2.80 bits per heavy atom. The summed E-state index contributed by atoms with van der Waals surface area (Å²) in [6.07, 6.45) is 1.80. The van der Waals surface area contributed by atoms with Gasteiger partial charge in [0.15, 0.2) is 11.8 Å². The fourth-order valence-corrected chi connectivity index (χ4v) is 3.06. The summed E-state index contributed by atoms with van der Waals surface area (Å²) >= 11 is 1.31. The number of amides is 1. The second-order valence-corrected chi connectivity index (χ2v) is 6.37. The summed E-state index contributed by atoms with van der Waals surface area (Å²) in [5.41, 5.74) is 2.80. The number of carbonyl (C=O) groups is 1. The van der Waals surface area contributed by atoms with Crippen molar-refractivity contribution in [2.24, 2.45) is 4.99 Å². The van der Waals surface area contributed by atoms with E-state index >= 15 is 0 Å². The van der Waals surface area contributed by atoms with Gasteiger partial charge in [0.2, 0.25) is 0 Å². The minimum Gasteiger partial charge on any atom is -0.479 e. The van der Waals surface area contributed by atoms with E-state index in [4.69, 9.17) is 10.00 Å². The lowest BCUT2D eigenvalue weighted by molar-refractivity contribution is -0.115. The van der Waals surface area contributed by atoms with Crippen LogP contribution in [0.4, 0.5) is 5.69 Å². The van der Waals surface area contributed by atoms with Crippen molar-refractivity contribution >= 4 is 34.6 Å². The first-order valence-corrected chi connectivity index (χ1v) is 8.42. The van der Waals surface area contributed by atoms with Gasteiger partial charge in [-0.3, -0.25) is 4.79 Å². The second-order valence-electron chi connectivity index (χ2n) is 5.34. The first-order valence-electron chi connectivity index (χ1n) is 7.60. The normalized spacial score (nSPS) is 16.7. The molecular formula is C19H15N3O2S. The van der Waals surface area contributed by atoms with Crippen molar-refractivity contribution in [3.8, 4) is 11.8 Å². The Morgan fingerprint density at radius 1 is 1.28 bits per heavy atom. The highest BCUT2D eigenvalue weighted by Crippen LogP contribution is 2.28. The summed E-state index contributed by atoms with van der Waals surface area (Å²) in [5.74, 6) is 0.454. The lowest BCUT2D eigenvalue weighted by atomic mass is 10.2. The molecule has 3 rings (SSSR count). The number of ether oxygens (including phenoxy) is 1. The van der Waals surface area contributed by atoms with Gasteiger partial charge >= 0.3 is 0 Å². The third-order valence-electron chi connectivity index (χ3n) is 3.36. The summed E-state index contributed by atoms with van der Waals surface area (Å²) in [4.78, 5) is 17.2. The van der Waals surface area contributed by atoms with Gasteiger partial charge in [-0.15, -0.1) is 0 Å². The van der Waals surface area contributed by atoms with Crippen LogP contribution in [0.3, 0.4) is 0 Å². The van der Waals surface area contributed by atoms with Gasteiger partial charge in [0, 0.05) is 0 Å². The second kappa shape index (κ2) is 7.69. The molecule has 0 spiro atoms. The molecule has 2 aromatic carbocycles. The number of benzene rings is 2. The van der Waals surface area contributed by atoms with Crippen LogP contribution in [0, 0.1) is 18.3 Å². The standard InChI is InChI=1S/C19H15N3O2S/c1-13-3-2-4-15(11-13)21-19-22-18(23)17(25-19)12-14-5-7-16(8-6-14)24-10-9-20/h2-8,11-12H,10H2,1H3,(H,21,22,23)/b17-12+. The highest BCUT2D eigenvalue weighted by Gasteiger charge is 2.23. The van der Waals surface area contributed by atoms with Crippen LogP contribution in [0.15, 0.2) is 58.4 Å². The number of hydrogen-bond acceptors (Lipinski definition) is 5. The fraction of sp³-hybridized carbons (Fsp3) is 0.105. The van der Waals surface area contributed by atoms with E-state index in [2.05, 4.69) is 10.3 Å². The minimum atomic E-state index is -0.166. The topological polar surface area (TPSA) is 74.5 Å². The number of aryl methyl sites for hydroxylation is 1. The van der Waals surface area contributed by atoms with E-state index in [1.165, 1.54) is 11.8 Å². The first kappa shape index (κ1) is 16.8. The van der Waals surface area contributed by atoms with E-state index in [9.17, 15) is 4.79 Å². The molecule has 25 heavy (non-hydrogen) atoms. The Balaban J connectivity index is 1.74. The average molecular weight is 349 g/mol. The highest BCUT2D eigenvalue weighted by molar-refractivity contribution is 8.18. The summed E-state index contributed by atoms with van der Waals surface area (Å²) < 4.78 is 5.21. The van der Waals surface area contributed by atoms with E-state index in [0.717, 1.165) is 16.8 Å². The van der Waals surface area contributed by atoms with Crippen LogP contribution in [0.25, 0.3) is 6.08 Å². The predicted octanol–water partition coefficient (Wildman–Crippen LogP) is 3.79. The Labute approximate surface area is 150 Å². The molecule has 1 aliphatic rings. The Kier molecular flexibility index (Phi) is 5.17. The maximum atomic E-state index is 12.1. The molecule has 1 N–H and O–H groups in total.